The van der Waals surface area contributed by atoms with Crippen LogP contribution in [0.5, 0.6) is 5.75 Å². The minimum absolute atomic E-state index is 0.0264. The van der Waals surface area contributed by atoms with Gasteiger partial charge in [0.1, 0.15) is 5.75 Å². The summed E-state index contributed by atoms with van der Waals surface area (Å²) in [6.07, 6.45) is 1.59. The van der Waals surface area contributed by atoms with Crippen molar-refractivity contribution in [1.82, 2.24) is 9.80 Å². The molecule has 2 amide bonds. The molecule has 0 aliphatic carbocycles. The third-order valence-electron chi connectivity index (χ3n) is 5.95. The Hall–Kier alpha value is -2.47. The van der Waals surface area contributed by atoms with E-state index >= 15 is 0 Å². The number of hydrogen-bond donors (Lipinski definition) is 0. The normalized spacial score (nSPS) is 18.1. The fraction of sp³-hybridized carbons (Fsp3) is 0.391. The Morgan fingerprint density at radius 2 is 1.76 bits per heavy atom. The first-order valence-electron chi connectivity index (χ1n) is 9.99. The molecule has 2 aliphatic heterocycles. The lowest BCUT2D eigenvalue weighted by molar-refractivity contribution is 0.0497. The molecule has 2 aromatic rings. The number of likely N-dealkylation sites (tertiary alicyclic amines) is 1. The van der Waals surface area contributed by atoms with Crippen molar-refractivity contribution in [2.24, 2.45) is 0 Å². The number of nitrogens with zero attached hydrogens (tertiary/aromatic N) is 2. The Labute approximate surface area is 176 Å². The molecule has 2 fully saturated rings. The number of hydrogen-bond acceptors (Lipinski definition) is 4. The van der Waals surface area contributed by atoms with Crippen molar-refractivity contribution in [1.29, 1.82) is 0 Å². The van der Waals surface area contributed by atoms with Crippen LogP contribution >= 0.6 is 11.8 Å². The molecule has 29 heavy (non-hydrogen) atoms. The highest BCUT2D eigenvalue weighted by Crippen LogP contribution is 2.44. The van der Waals surface area contributed by atoms with Gasteiger partial charge < -0.3 is 14.5 Å². The lowest BCUT2D eigenvalue weighted by atomic mass is 9.99. The third kappa shape index (κ3) is 3.73. The zero-order valence-corrected chi connectivity index (χ0v) is 17.7. The van der Waals surface area contributed by atoms with Crippen LogP contribution in [0.2, 0.25) is 0 Å². The molecule has 0 unspecified atom stereocenters. The van der Waals surface area contributed by atoms with Crippen molar-refractivity contribution < 1.29 is 14.3 Å². The molecule has 1 spiro atoms. The van der Waals surface area contributed by atoms with E-state index in [4.69, 9.17) is 4.74 Å². The molecule has 0 bridgehead atoms. The minimum atomic E-state index is -0.204. The summed E-state index contributed by atoms with van der Waals surface area (Å²) in [5.74, 6) is 1.77. The fourth-order valence-electron chi connectivity index (χ4n) is 4.27. The molecular formula is C23H26N2O3S. The first-order chi connectivity index (χ1) is 14.0. The number of thioether (sulfide) groups is 1. The van der Waals surface area contributed by atoms with Gasteiger partial charge in [-0.1, -0.05) is 24.3 Å². The van der Waals surface area contributed by atoms with Crippen molar-refractivity contribution >= 4 is 23.6 Å². The third-order valence-corrected chi connectivity index (χ3v) is 7.50. The number of amides is 2. The van der Waals surface area contributed by atoms with Gasteiger partial charge in [0.2, 0.25) is 0 Å². The molecule has 0 atom stereocenters. The highest BCUT2D eigenvalue weighted by molar-refractivity contribution is 8.00. The molecule has 2 aliphatic rings. The van der Waals surface area contributed by atoms with Crippen molar-refractivity contribution in [2.45, 2.75) is 24.6 Å². The summed E-state index contributed by atoms with van der Waals surface area (Å²) in [6.45, 7) is 4.06. The number of aryl methyl sites for hydroxylation is 1. The summed E-state index contributed by atoms with van der Waals surface area (Å²) in [6, 6.07) is 15.1. The summed E-state index contributed by atoms with van der Waals surface area (Å²) < 4.78 is 5.24. The van der Waals surface area contributed by atoms with Crippen LogP contribution in [0.1, 0.15) is 39.1 Å². The maximum Gasteiger partial charge on any atom is 0.255 e. The van der Waals surface area contributed by atoms with Crippen molar-refractivity contribution in [3.63, 3.8) is 0 Å². The average molecular weight is 411 g/mol. The molecule has 4 rings (SSSR count). The van der Waals surface area contributed by atoms with Crippen LogP contribution in [0.25, 0.3) is 0 Å². The van der Waals surface area contributed by atoms with E-state index in [-0.39, 0.29) is 16.7 Å². The summed E-state index contributed by atoms with van der Waals surface area (Å²) in [5.41, 5.74) is 2.44. The highest BCUT2D eigenvalue weighted by Gasteiger charge is 2.47. The van der Waals surface area contributed by atoms with E-state index in [2.05, 4.69) is 0 Å². The van der Waals surface area contributed by atoms with E-state index in [0.717, 1.165) is 36.3 Å². The molecule has 2 saturated heterocycles. The standard InChI is InChI=1S/C23H26N2O3S/c1-17-6-3-4-9-20(17)22(27)25-14-15-29-23(25)10-12-24(13-11-23)21(26)18-7-5-8-19(16-18)28-2/h3-9,16H,10-15H2,1-2H3. The largest absolute Gasteiger partial charge is 0.497 e. The quantitative estimate of drug-likeness (QED) is 0.772. The summed E-state index contributed by atoms with van der Waals surface area (Å²) in [4.78, 5) is 29.9. The predicted molar refractivity (Wildman–Crippen MR) is 116 cm³/mol. The number of methoxy groups -OCH3 is 1. The van der Waals surface area contributed by atoms with Gasteiger partial charge in [-0.05, 0) is 49.6 Å². The Balaban J connectivity index is 1.48. The molecule has 2 aromatic carbocycles. The van der Waals surface area contributed by atoms with Crippen LogP contribution < -0.4 is 4.74 Å². The molecule has 0 radical (unpaired) electrons. The van der Waals surface area contributed by atoms with Crippen molar-refractivity contribution in [3.8, 4) is 5.75 Å². The second-order valence-electron chi connectivity index (χ2n) is 7.59. The number of piperidine rings is 1. The van der Waals surface area contributed by atoms with Gasteiger partial charge in [-0.2, -0.15) is 0 Å². The number of rotatable bonds is 3. The maximum atomic E-state index is 13.3. The first kappa shape index (κ1) is 19.8. The van der Waals surface area contributed by atoms with Gasteiger partial charge in [0.15, 0.2) is 0 Å². The summed E-state index contributed by atoms with van der Waals surface area (Å²) >= 11 is 1.87. The van der Waals surface area contributed by atoms with Crippen LogP contribution in [0.4, 0.5) is 0 Å². The highest BCUT2D eigenvalue weighted by atomic mass is 32.2. The van der Waals surface area contributed by atoms with Crippen LogP contribution in [0, 0.1) is 6.92 Å². The molecular weight excluding hydrogens is 384 g/mol. The minimum Gasteiger partial charge on any atom is -0.497 e. The molecule has 5 nitrogen and oxygen atoms in total. The van der Waals surface area contributed by atoms with Gasteiger partial charge in [-0.25, -0.2) is 0 Å². The lowest BCUT2D eigenvalue weighted by Gasteiger charge is -2.44. The summed E-state index contributed by atoms with van der Waals surface area (Å²) in [7, 11) is 1.60. The second kappa shape index (κ2) is 8.11. The van der Waals surface area contributed by atoms with Gasteiger partial charge in [-0.3, -0.25) is 9.59 Å². The summed E-state index contributed by atoms with van der Waals surface area (Å²) in [5, 5.41) is 0. The van der Waals surface area contributed by atoms with E-state index < -0.39 is 0 Å². The van der Waals surface area contributed by atoms with Gasteiger partial charge >= 0.3 is 0 Å². The zero-order valence-electron chi connectivity index (χ0n) is 16.9. The first-order valence-corrected chi connectivity index (χ1v) is 11.0. The van der Waals surface area contributed by atoms with Gasteiger partial charge in [0, 0.05) is 36.5 Å². The second-order valence-corrected chi connectivity index (χ2v) is 9.05. The Morgan fingerprint density at radius 3 is 2.48 bits per heavy atom. The molecule has 0 N–H and O–H groups in total. The van der Waals surface area contributed by atoms with Gasteiger partial charge in [0.25, 0.3) is 11.8 Å². The topological polar surface area (TPSA) is 49.9 Å². The Kier molecular flexibility index (Phi) is 5.54. The van der Waals surface area contributed by atoms with Gasteiger partial charge in [-0.15, -0.1) is 11.8 Å². The zero-order chi connectivity index (χ0) is 20.4. The number of ether oxygens (including phenoxy) is 1. The predicted octanol–water partition coefficient (Wildman–Crippen LogP) is 3.83. The fourth-order valence-corrected chi connectivity index (χ4v) is 5.72. The SMILES string of the molecule is COc1cccc(C(=O)N2CCC3(CC2)SCCN3C(=O)c2ccccc2C)c1. The number of carbonyl (C=O) groups excluding carboxylic acids is 2. The number of carbonyl (C=O) groups is 2. The molecule has 152 valence electrons. The number of benzene rings is 2. The lowest BCUT2D eigenvalue weighted by Crippen LogP contribution is -2.53. The van der Waals surface area contributed by atoms with E-state index in [1.807, 2.05) is 71.0 Å². The molecule has 0 saturated carbocycles. The van der Waals surface area contributed by atoms with Crippen LogP contribution in [-0.2, 0) is 0 Å². The van der Waals surface area contributed by atoms with E-state index in [9.17, 15) is 9.59 Å². The average Bonchev–Trinajstić information content (AvgIpc) is 3.16. The molecule has 0 aromatic heterocycles. The maximum absolute atomic E-state index is 13.3. The Morgan fingerprint density at radius 1 is 1.00 bits per heavy atom. The van der Waals surface area contributed by atoms with Crippen molar-refractivity contribution in [3.05, 3.63) is 65.2 Å². The Bertz CT molecular complexity index is 922. The molecule has 2 heterocycles. The van der Waals surface area contributed by atoms with E-state index in [1.165, 1.54) is 0 Å². The van der Waals surface area contributed by atoms with Crippen molar-refractivity contribution in [2.75, 3.05) is 32.5 Å². The smallest absolute Gasteiger partial charge is 0.255 e. The molecule has 6 heteroatoms. The van der Waals surface area contributed by atoms with E-state index in [0.29, 0.717) is 24.4 Å². The van der Waals surface area contributed by atoms with Gasteiger partial charge in [0.05, 0.1) is 12.0 Å². The van der Waals surface area contributed by atoms with Crippen LogP contribution in [0.3, 0.4) is 0 Å². The monoisotopic (exact) mass is 410 g/mol. The van der Waals surface area contributed by atoms with Crippen LogP contribution in [-0.4, -0.2) is 59.0 Å². The van der Waals surface area contributed by atoms with Crippen LogP contribution in [0.15, 0.2) is 48.5 Å². The van der Waals surface area contributed by atoms with E-state index in [1.54, 1.807) is 13.2 Å².